The molecule has 2 amide bonds. The van der Waals surface area contributed by atoms with Gasteiger partial charge in [-0.05, 0) is 6.92 Å². The third-order valence-corrected chi connectivity index (χ3v) is 2.83. The number of carbonyl (C=O) groups excluding carboxylic acids is 2. The van der Waals surface area contributed by atoms with Crippen molar-refractivity contribution in [3.8, 4) is 0 Å². The van der Waals surface area contributed by atoms with E-state index in [0.717, 1.165) is 4.90 Å². The molecular formula is C10H11NO5. The predicted octanol–water partition coefficient (Wildman–Crippen LogP) is -0.599. The van der Waals surface area contributed by atoms with Crippen molar-refractivity contribution in [2.24, 2.45) is 5.92 Å². The number of hydrogen-bond donors (Lipinski definition) is 1. The molecule has 2 unspecified atom stereocenters. The lowest BCUT2D eigenvalue weighted by atomic mass is 10.0. The van der Waals surface area contributed by atoms with E-state index in [9.17, 15) is 14.4 Å². The van der Waals surface area contributed by atoms with E-state index in [1.807, 2.05) is 0 Å². The molecule has 16 heavy (non-hydrogen) atoms. The van der Waals surface area contributed by atoms with Gasteiger partial charge in [-0.1, -0.05) is 0 Å². The Bertz CT molecular complexity index is 400. The molecule has 2 aliphatic rings. The Morgan fingerprint density at radius 2 is 2.19 bits per heavy atom. The van der Waals surface area contributed by atoms with Gasteiger partial charge >= 0.3 is 5.97 Å². The maximum Gasteiger partial charge on any atom is 0.311 e. The zero-order valence-corrected chi connectivity index (χ0v) is 8.67. The van der Waals surface area contributed by atoms with Gasteiger partial charge in [-0.2, -0.15) is 0 Å². The quantitative estimate of drug-likeness (QED) is 0.634. The minimum atomic E-state index is -1.05. The van der Waals surface area contributed by atoms with Gasteiger partial charge < -0.3 is 9.84 Å². The molecule has 1 fully saturated rings. The number of hydrogen-bond acceptors (Lipinski definition) is 4. The third kappa shape index (κ3) is 1.51. The van der Waals surface area contributed by atoms with Crippen molar-refractivity contribution < 1.29 is 24.2 Å². The van der Waals surface area contributed by atoms with E-state index in [4.69, 9.17) is 9.84 Å². The van der Waals surface area contributed by atoms with Crippen molar-refractivity contribution in [3.05, 3.63) is 11.6 Å². The summed E-state index contributed by atoms with van der Waals surface area (Å²) in [4.78, 5) is 35.1. The molecule has 0 bridgehead atoms. The van der Waals surface area contributed by atoms with Crippen LogP contribution in [0.15, 0.2) is 11.6 Å². The van der Waals surface area contributed by atoms with Gasteiger partial charge in [0.25, 0.3) is 11.8 Å². The molecule has 86 valence electrons. The minimum absolute atomic E-state index is 0.0378. The van der Waals surface area contributed by atoms with Gasteiger partial charge in [-0.15, -0.1) is 0 Å². The molecule has 1 N–H and O–H groups in total. The predicted molar refractivity (Wildman–Crippen MR) is 51.3 cm³/mol. The highest BCUT2D eigenvalue weighted by atomic mass is 16.5. The van der Waals surface area contributed by atoms with Crippen LogP contribution in [0.4, 0.5) is 0 Å². The van der Waals surface area contributed by atoms with Gasteiger partial charge in [0.15, 0.2) is 0 Å². The summed E-state index contributed by atoms with van der Waals surface area (Å²) in [6.45, 7) is 1.66. The highest BCUT2D eigenvalue weighted by Crippen LogP contribution is 2.25. The van der Waals surface area contributed by atoms with E-state index in [1.54, 1.807) is 0 Å². The molecular weight excluding hydrogens is 214 g/mol. The Morgan fingerprint density at radius 1 is 1.50 bits per heavy atom. The fourth-order valence-corrected chi connectivity index (χ4v) is 1.95. The number of imide groups is 1. The van der Waals surface area contributed by atoms with E-state index in [1.165, 1.54) is 13.0 Å². The Hall–Kier alpha value is -1.69. The fraction of sp³-hybridized carbons (Fsp3) is 0.500. The minimum Gasteiger partial charge on any atom is -0.481 e. The summed E-state index contributed by atoms with van der Waals surface area (Å²) >= 11 is 0. The average Bonchev–Trinajstić information content (AvgIpc) is 2.73. The lowest BCUT2D eigenvalue weighted by Gasteiger charge is -2.24. The van der Waals surface area contributed by atoms with E-state index >= 15 is 0 Å². The van der Waals surface area contributed by atoms with Crippen molar-refractivity contribution in [1.29, 1.82) is 0 Å². The van der Waals surface area contributed by atoms with Crippen LogP contribution in [-0.2, 0) is 19.1 Å². The van der Waals surface area contributed by atoms with Gasteiger partial charge in [0.05, 0.1) is 19.3 Å². The Kier molecular flexibility index (Phi) is 2.51. The Labute approximate surface area is 91.5 Å². The lowest BCUT2D eigenvalue weighted by molar-refractivity contribution is -0.146. The van der Waals surface area contributed by atoms with E-state index in [0.29, 0.717) is 5.57 Å². The first-order chi connectivity index (χ1) is 7.52. The highest BCUT2D eigenvalue weighted by molar-refractivity contribution is 6.16. The number of aliphatic carboxylic acids is 1. The molecule has 2 rings (SSSR count). The van der Waals surface area contributed by atoms with Crippen molar-refractivity contribution in [2.45, 2.75) is 13.0 Å². The van der Waals surface area contributed by atoms with Crippen molar-refractivity contribution in [3.63, 3.8) is 0 Å². The maximum atomic E-state index is 11.7. The van der Waals surface area contributed by atoms with Crippen LogP contribution in [0.3, 0.4) is 0 Å². The molecule has 1 saturated heterocycles. The summed E-state index contributed by atoms with van der Waals surface area (Å²) < 4.78 is 5.03. The van der Waals surface area contributed by atoms with E-state index < -0.39 is 29.7 Å². The van der Waals surface area contributed by atoms with E-state index in [-0.39, 0.29) is 13.2 Å². The SMILES string of the molecule is CC1=CC(=O)N(C2COCC2C(=O)O)C1=O. The van der Waals surface area contributed by atoms with Crippen LogP contribution in [0.1, 0.15) is 6.92 Å². The first-order valence-electron chi connectivity index (χ1n) is 4.88. The molecule has 6 nitrogen and oxygen atoms in total. The fourth-order valence-electron chi connectivity index (χ4n) is 1.95. The van der Waals surface area contributed by atoms with Crippen LogP contribution in [0.2, 0.25) is 0 Å². The Balaban J connectivity index is 2.23. The van der Waals surface area contributed by atoms with Crippen molar-refractivity contribution in [2.75, 3.05) is 13.2 Å². The average molecular weight is 225 g/mol. The van der Waals surface area contributed by atoms with Gasteiger partial charge in [-0.25, -0.2) is 0 Å². The van der Waals surface area contributed by atoms with Gasteiger partial charge in [-0.3, -0.25) is 19.3 Å². The van der Waals surface area contributed by atoms with Crippen molar-refractivity contribution in [1.82, 2.24) is 4.90 Å². The summed E-state index contributed by atoms with van der Waals surface area (Å²) in [5.74, 6) is -2.75. The molecule has 2 atom stereocenters. The van der Waals surface area contributed by atoms with Crippen LogP contribution in [0.25, 0.3) is 0 Å². The second-order valence-corrected chi connectivity index (χ2v) is 3.89. The summed E-state index contributed by atoms with van der Waals surface area (Å²) in [5.41, 5.74) is 0.334. The molecule has 0 aliphatic carbocycles. The standard InChI is InChI=1S/C10H11NO5/c1-5-2-8(12)11(9(5)13)7-4-16-3-6(7)10(14)15/h2,6-7H,3-4H2,1H3,(H,14,15). The van der Waals surface area contributed by atoms with Gasteiger partial charge in [0.2, 0.25) is 0 Å². The molecule has 2 aliphatic heterocycles. The topological polar surface area (TPSA) is 83.9 Å². The third-order valence-electron chi connectivity index (χ3n) is 2.83. The number of ether oxygens (including phenoxy) is 1. The molecule has 0 aromatic rings. The zero-order valence-electron chi connectivity index (χ0n) is 8.67. The summed E-state index contributed by atoms with van der Waals surface area (Å²) in [6.07, 6.45) is 1.22. The van der Waals surface area contributed by atoms with Crippen LogP contribution >= 0.6 is 0 Å². The maximum absolute atomic E-state index is 11.7. The van der Waals surface area contributed by atoms with Crippen LogP contribution < -0.4 is 0 Å². The van der Waals surface area contributed by atoms with E-state index in [2.05, 4.69) is 0 Å². The highest BCUT2D eigenvalue weighted by Gasteiger charge is 2.44. The molecule has 0 aromatic heterocycles. The molecule has 6 heteroatoms. The first kappa shape index (κ1) is 10.8. The van der Waals surface area contributed by atoms with Gasteiger partial charge in [0, 0.05) is 11.6 Å². The molecule has 2 heterocycles. The Morgan fingerprint density at radius 3 is 2.69 bits per heavy atom. The van der Waals surface area contributed by atoms with Crippen LogP contribution in [0.5, 0.6) is 0 Å². The first-order valence-corrected chi connectivity index (χ1v) is 4.88. The normalized spacial score (nSPS) is 29.8. The largest absolute Gasteiger partial charge is 0.481 e. The van der Waals surface area contributed by atoms with Crippen LogP contribution in [-0.4, -0.2) is 47.0 Å². The van der Waals surface area contributed by atoms with Crippen molar-refractivity contribution >= 4 is 17.8 Å². The molecule has 0 aromatic carbocycles. The monoisotopic (exact) mass is 225 g/mol. The number of amides is 2. The second kappa shape index (κ2) is 3.71. The number of carboxylic acid groups (broad SMARTS) is 1. The summed E-state index contributed by atoms with van der Waals surface area (Å²) in [6, 6.07) is -0.689. The van der Waals surface area contributed by atoms with Gasteiger partial charge in [0.1, 0.15) is 5.92 Å². The number of nitrogens with zero attached hydrogens (tertiary/aromatic N) is 1. The molecule has 0 radical (unpaired) electrons. The summed E-state index contributed by atoms with van der Waals surface area (Å²) in [5, 5.41) is 8.94. The second-order valence-electron chi connectivity index (χ2n) is 3.89. The smallest absolute Gasteiger partial charge is 0.311 e. The number of carboxylic acids is 1. The molecule has 0 spiro atoms. The summed E-state index contributed by atoms with van der Waals surface area (Å²) in [7, 11) is 0. The number of carbonyl (C=O) groups is 3. The number of rotatable bonds is 2. The molecule has 0 saturated carbocycles. The zero-order chi connectivity index (χ0) is 11.9. The van der Waals surface area contributed by atoms with Crippen LogP contribution in [0, 0.1) is 5.92 Å². The lowest BCUT2D eigenvalue weighted by Crippen LogP contribution is -2.46.